The van der Waals surface area contributed by atoms with E-state index >= 15 is 0 Å². The van der Waals surface area contributed by atoms with Crippen molar-refractivity contribution in [2.45, 2.75) is 25.9 Å². The highest BCUT2D eigenvalue weighted by Gasteiger charge is 2.32. The Morgan fingerprint density at radius 3 is 2.64 bits per heavy atom. The zero-order chi connectivity index (χ0) is 19.9. The molecule has 1 amide bonds. The van der Waals surface area contributed by atoms with Crippen LogP contribution in [0.3, 0.4) is 0 Å². The number of para-hydroxylation sites is 1. The van der Waals surface area contributed by atoms with Gasteiger partial charge in [0.05, 0.1) is 19.3 Å². The minimum Gasteiger partial charge on any atom is -0.493 e. The van der Waals surface area contributed by atoms with Crippen LogP contribution in [-0.4, -0.2) is 44.8 Å². The van der Waals surface area contributed by atoms with Crippen molar-refractivity contribution in [3.8, 4) is 11.5 Å². The smallest absolute Gasteiger partial charge is 0.257 e. The molecule has 1 aliphatic rings. The summed E-state index contributed by atoms with van der Waals surface area (Å²) in [7, 11) is 3.30. The third-order valence-electron chi connectivity index (χ3n) is 4.73. The molecular weight excluding hydrogens is 356 g/mol. The van der Waals surface area contributed by atoms with Crippen molar-refractivity contribution in [1.29, 1.82) is 0 Å². The Morgan fingerprint density at radius 1 is 1.07 bits per heavy atom. The summed E-state index contributed by atoms with van der Waals surface area (Å²) in [6, 6.07) is 13.4. The van der Waals surface area contributed by atoms with Crippen LogP contribution < -0.4 is 14.8 Å². The van der Waals surface area contributed by atoms with Gasteiger partial charge in [0, 0.05) is 25.9 Å². The number of methoxy groups -OCH3 is 2. The fourth-order valence-electron chi connectivity index (χ4n) is 3.35. The van der Waals surface area contributed by atoms with Gasteiger partial charge in [-0.15, -0.1) is 0 Å². The average molecular weight is 384 g/mol. The third kappa shape index (κ3) is 4.22. The quantitative estimate of drug-likeness (QED) is 0.660. The summed E-state index contributed by atoms with van der Waals surface area (Å²) < 4.78 is 16.5. The molecular formula is C22H28N2O4. The van der Waals surface area contributed by atoms with Gasteiger partial charge in [0.2, 0.25) is 0 Å². The molecule has 0 aromatic heterocycles. The second-order valence-corrected chi connectivity index (χ2v) is 6.70. The summed E-state index contributed by atoms with van der Waals surface area (Å²) >= 11 is 0. The molecule has 28 heavy (non-hydrogen) atoms. The number of hydrogen-bond donors (Lipinski definition) is 1. The van der Waals surface area contributed by atoms with Gasteiger partial charge < -0.3 is 24.4 Å². The highest BCUT2D eigenvalue weighted by molar-refractivity contribution is 6.01. The number of fused-ring (bicyclic) bond motifs is 1. The molecule has 6 heteroatoms. The number of benzene rings is 2. The second kappa shape index (κ2) is 9.46. The number of hydrogen-bond acceptors (Lipinski definition) is 5. The summed E-state index contributed by atoms with van der Waals surface area (Å²) in [4.78, 5) is 15.0. The fourth-order valence-corrected chi connectivity index (χ4v) is 3.35. The molecule has 0 saturated carbocycles. The van der Waals surface area contributed by atoms with E-state index in [9.17, 15) is 4.79 Å². The molecule has 150 valence electrons. The van der Waals surface area contributed by atoms with Crippen LogP contribution >= 0.6 is 0 Å². The van der Waals surface area contributed by atoms with Crippen LogP contribution in [0, 0.1) is 0 Å². The first kappa shape index (κ1) is 20.0. The van der Waals surface area contributed by atoms with Gasteiger partial charge in [-0.2, -0.15) is 0 Å². The molecule has 1 unspecified atom stereocenters. The van der Waals surface area contributed by atoms with Crippen molar-refractivity contribution in [1.82, 2.24) is 4.90 Å². The van der Waals surface area contributed by atoms with Gasteiger partial charge in [0.25, 0.3) is 5.91 Å². The molecule has 1 aliphatic heterocycles. The molecule has 1 atom stereocenters. The maximum Gasteiger partial charge on any atom is 0.257 e. The van der Waals surface area contributed by atoms with E-state index in [-0.39, 0.29) is 12.1 Å². The van der Waals surface area contributed by atoms with E-state index in [0.29, 0.717) is 36.8 Å². The van der Waals surface area contributed by atoms with Crippen molar-refractivity contribution in [2.75, 3.05) is 39.3 Å². The topological polar surface area (TPSA) is 60.0 Å². The molecule has 3 rings (SSSR count). The monoisotopic (exact) mass is 384 g/mol. The van der Waals surface area contributed by atoms with Crippen LogP contribution in [0.15, 0.2) is 42.5 Å². The number of nitrogens with one attached hydrogen (secondary N) is 1. The number of ether oxygens (including phenoxy) is 3. The Bertz CT molecular complexity index is 809. The van der Waals surface area contributed by atoms with Gasteiger partial charge in [-0.05, 0) is 42.7 Å². The minimum absolute atomic E-state index is 0.0146. The standard InChI is InChI=1S/C22H28N2O4/c1-4-13-28-19-11-10-16(15-20(19)27-3)21-23-18-9-6-5-8-17(18)22(25)24(21)12-7-14-26-2/h5-6,8-11,15,21,23H,4,7,12-14H2,1-3H3. The normalized spacial score (nSPS) is 15.8. The average Bonchev–Trinajstić information content (AvgIpc) is 2.73. The van der Waals surface area contributed by atoms with Crippen LogP contribution in [0.25, 0.3) is 0 Å². The number of carbonyl (C=O) groups excluding carboxylic acids is 1. The van der Waals surface area contributed by atoms with E-state index in [2.05, 4.69) is 12.2 Å². The van der Waals surface area contributed by atoms with Gasteiger partial charge in [-0.3, -0.25) is 4.79 Å². The Morgan fingerprint density at radius 2 is 1.89 bits per heavy atom. The lowest BCUT2D eigenvalue weighted by Crippen LogP contribution is -2.43. The molecule has 0 radical (unpaired) electrons. The Hall–Kier alpha value is -2.73. The summed E-state index contributed by atoms with van der Waals surface area (Å²) in [6.07, 6.45) is 1.40. The van der Waals surface area contributed by atoms with Crippen LogP contribution in [-0.2, 0) is 4.74 Å². The van der Waals surface area contributed by atoms with E-state index in [0.717, 1.165) is 24.1 Å². The molecule has 0 aliphatic carbocycles. The number of nitrogens with zero attached hydrogens (tertiary/aromatic N) is 1. The molecule has 0 saturated heterocycles. The molecule has 1 heterocycles. The summed E-state index contributed by atoms with van der Waals surface area (Å²) in [6.45, 7) is 3.89. The second-order valence-electron chi connectivity index (χ2n) is 6.70. The lowest BCUT2D eigenvalue weighted by molar-refractivity contribution is 0.0660. The maximum absolute atomic E-state index is 13.1. The van der Waals surface area contributed by atoms with E-state index in [1.54, 1.807) is 14.2 Å². The van der Waals surface area contributed by atoms with Gasteiger partial charge in [0.15, 0.2) is 11.5 Å². The minimum atomic E-state index is -0.284. The van der Waals surface area contributed by atoms with Crippen LogP contribution in [0.5, 0.6) is 11.5 Å². The molecule has 2 aromatic rings. The van der Waals surface area contributed by atoms with Gasteiger partial charge in [-0.1, -0.05) is 25.1 Å². The van der Waals surface area contributed by atoms with Crippen molar-refractivity contribution in [2.24, 2.45) is 0 Å². The van der Waals surface area contributed by atoms with E-state index < -0.39 is 0 Å². The van der Waals surface area contributed by atoms with Gasteiger partial charge >= 0.3 is 0 Å². The number of carbonyl (C=O) groups is 1. The molecule has 0 spiro atoms. The first-order valence-corrected chi connectivity index (χ1v) is 9.65. The van der Waals surface area contributed by atoms with E-state index in [1.165, 1.54) is 0 Å². The Labute approximate surface area is 166 Å². The zero-order valence-electron chi connectivity index (χ0n) is 16.7. The maximum atomic E-state index is 13.1. The highest BCUT2D eigenvalue weighted by atomic mass is 16.5. The van der Waals surface area contributed by atoms with Crippen molar-refractivity contribution in [3.63, 3.8) is 0 Å². The van der Waals surface area contributed by atoms with Crippen LogP contribution in [0.1, 0.15) is 41.9 Å². The third-order valence-corrected chi connectivity index (χ3v) is 4.73. The molecule has 0 fully saturated rings. The molecule has 1 N–H and O–H groups in total. The summed E-state index contributed by atoms with van der Waals surface area (Å²) in [5.41, 5.74) is 2.47. The zero-order valence-corrected chi connectivity index (χ0v) is 16.7. The molecule has 0 bridgehead atoms. The van der Waals surface area contributed by atoms with Crippen molar-refractivity contribution >= 4 is 11.6 Å². The first-order chi connectivity index (χ1) is 13.7. The van der Waals surface area contributed by atoms with Crippen molar-refractivity contribution < 1.29 is 19.0 Å². The predicted molar refractivity (Wildman–Crippen MR) is 109 cm³/mol. The summed E-state index contributed by atoms with van der Waals surface area (Å²) in [5, 5.41) is 3.50. The molecule has 6 nitrogen and oxygen atoms in total. The van der Waals surface area contributed by atoms with Gasteiger partial charge in [-0.25, -0.2) is 0 Å². The fraction of sp³-hybridized carbons (Fsp3) is 0.409. The van der Waals surface area contributed by atoms with Crippen LogP contribution in [0.2, 0.25) is 0 Å². The number of anilines is 1. The Balaban J connectivity index is 1.93. The Kier molecular flexibility index (Phi) is 6.76. The van der Waals surface area contributed by atoms with Crippen molar-refractivity contribution in [3.05, 3.63) is 53.6 Å². The number of rotatable bonds is 9. The molecule has 2 aromatic carbocycles. The predicted octanol–water partition coefficient (Wildman–Crippen LogP) is 4.09. The van der Waals surface area contributed by atoms with E-state index in [1.807, 2.05) is 47.4 Å². The van der Waals surface area contributed by atoms with E-state index in [4.69, 9.17) is 14.2 Å². The largest absolute Gasteiger partial charge is 0.493 e. The number of amides is 1. The SMILES string of the molecule is CCCOc1ccc(C2Nc3ccccc3C(=O)N2CCCOC)cc1OC. The highest BCUT2D eigenvalue weighted by Crippen LogP contribution is 2.37. The summed E-state index contributed by atoms with van der Waals surface area (Å²) in [5.74, 6) is 1.39. The lowest BCUT2D eigenvalue weighted by Gasteiger charge is -2.38. The lowest BCUT2D eigenvalue weighted by atomic mass is 10.0. The first-order valence-electron chi connectivity index (χ1n) is 9.65. The van der Waals surface area contributed by atoms with Crippen LogP contribution in [0.4, 0.5) is 5.69 Å². The van der Waals surface area contributed by atoms with Gasteiger partial charge in [0.1, 0.15) is 6.17 Å².